The first-order valence-corrected chi connectivity index (χ1v) is 11.4. The number of nitrogens with one attached hydrogen (secondary N) is 1. The van der Waals surface area contributed by atoms with Crippen molar-refractivity contribution in [1.29, 1.82) is 0 Å². The minimum atomic E-state index is 0.0998. The Morgan fingerprint density at radius 2 is 1.76 bits per heavy atom. The molecular formula is C26H32N4O4. The molecule has 0 bridgehead atoms. The molecule has 0 spiro atoms. The Morgan fingerprint density at radius 3 is 2.50 bits per heavy atom. The Bertz CT molecular complexity index is 1140. The van der Waals surface area contributed by atoms with E-state index in [1.165, 1.54) is 5.56 Å². The molecule has 0 radical (unpaired) electrons. The minimum Gasteiger partial charge on any atom is -0.497 e. The Morgan fingerprint density at radius 1 is 0.971 bits per heavy atom. The summed E-state index contributed by atoms with van der Waals surface area (Å²) in [6, 6.07) is 11.7. The van der Waals surface area contributed by atoms with Crippen molar-refractivity contribution in [3.05, 3.63) is 59.4 Å². The normalized spacial score (nSPS) is 13.4. The smallest absolute Gasteiger partial charge is 0.227 e. The summed E-state index contributed by atoms with van der Waals surface area (Å²) in [5, 5.41) is 3.26. The molecular weight excluding hydrogens is 432 g/mol. The molecule has 1 aliphatic rings. The van der Waals surface area contributed by atoms with Crippen molar-refractivity contribution in [2.24, 2.45) is 0 Å². The Hall–Kier alpha value is -3.52. The fourth-order valence-electron chi connectivity index (χ4n) is 4.02. The summed E-state index contributed by atoms with van der Waals surface area (Å²) in [6.07, 6.45) is 2.86. The molecule has 1 N–H and O–H groups in total. The van der Waals surface area contributed by atoms with Crippen LogP contribution in [0.15, 0.2) is 42.6 Å². The largest absolute Gasteiger partial charge is 0.497 e. The van der Waals surface area contributed by atoms with Gasteiger partial charge in [-0.1, -0.05) is 6.07 Å². The predicted molar refractivity (Wildman–Crippen MR) is 131 cm³/mol. The molecule has 34 heavy (non-hydrogen) atoms. The quantitative estimate of drug-likeness (QED) is 0.493. The van der Waals surface area contributed by atoms with Gasteiger partial charge in [0.1, 0.15) is 11.5 Å². The van der Waals surface area contributed by atoms with Crippen molar-refractivity contribution >= 4 is 11.6 Å². The summed E-state index contributed by atoms with van der Waals surface area (Å²) in [6.45, 7) is 6.55. The van der Waals surface area contributed by atoms with Crippen molar-refractivity contribution in [2.75, 3.05) is 33.2 Å². The number of aromatic nitrogens is 2. The van der Waals surface area contributed by atoms with Crippen LogP contribution in [-0.2, 0) is 19.5 Å². The van der Waals surface area contributed by atoms with E-state index in [9.17, 15) is 0 Å². The third-order valence-electron chi connectivity index (χ3n) is 5.66. The summed E-state index contributed by atoms with van der Waals surface area (Å²) in [4.78, 5) is 11.7. The number of hydrogen-bond donors (Lipinski definition) is 1. The van der Waals surface area contributed by atoms with E-state index >= 15 is 0 Å². The number of nitrogens with zero attached hydrogens (tertiary/aromatic N) is 3. The van der Waals surface area contributed by atoms with Gasteiger partial charge in [0.05, 0.1) is 38.8 Å². The number of rotatable bonds is 9. The second-order valence-corrected chi connectivity index (χ2v) is 8.47. The number of anilines is 2. The lowest BCUT2D eigenvalue weighted by atomic mass is 10.1. The van der Waals surface area contributed by atoms with Gasteiger partial charge < -0.3 is 24.3 Å². The average Bonchev–Trinajstić information content (AvgIpc) is 2.84. The SMILES string of the molecule is COc1ccc(OC)c(Nc2ncc3c(n2)CCN(Cc2ccc(OC(C)C)c(OC)c2)C3)c1. The van der Waals surface area contributed by atoms with Crippen LogP contribution >= 0.6 is 0 Å². The predicted octanol–water partition coefficient (Wildman–Crippen LogP) is 4.59. The first kappa shape index (κ1) is 23.6. The second-order valence-electron chi connectivity index (χ2n) is 8.47. The number of methoxy groups -OCH3 is 3. The van der Waals surface area contributed by atoms with Crippen LogP contribution in [0, 0.1) is 0 Å². The molecule has 0 aliphatic carbocycles. The lowest BCUT2D eigenvalue weighted by Gasteiger charge is -2.28. The molecule has 0 fully saturated rings. The highest BCUT2D eigenvalue weighted by atomic mass is 16.5. The zero-order chi connectivity index (χ0) is 24.1. The van der Waals surface area contributed by atoms with Crippen molar-refractivity contribution in [2.45, 2.75) is 39.5 Å². The molecule has 0 amide bonds. The van der Waals surface area contributed by atoms with Gasteiger partial charge in [-0.05, 0) is 43.7 Å². The van der Waals surface area contributed by atoms with Crippen LogP contribution in [0.2, 0.25) is 0 Å². The molecule has 0 atom stereocenters. The molecule has 1 aliphatic heterocycles. The standard InChI is InChI=1S/C26H32N4O4/c1-17(2)34-24-8-6-18(12-25(24)33-5)15-30-11-10-21-19(16-30)14-27-26(28-21)29-22-13-20(31-3)7-9-23(22)32-4/h6-9,12-14,17H,10-11,15-16H2,1-5H3,(H,27,28,29). The van der Waals surface area contributed by atoms with Crippen molar-refractivity contribution < 1.29 is 18.9 Å². The van der Waals surface area contributed by atoms with Gasteiger partial charge in [-0.15, -0.1) is 0 Å². The van der Waals surface area contributed by atoms with Crippen LogP contribution in [0.1, 0.15) is 30.7 Å². The van der Waals surface area contributed by atoms with Gasteiger partial charge in [0, 0.05) is 43.9 Å². The maximum absolute atomic E-state index is 5.83. The maximum atomic E-state index is 5.83. The van der Waals surface area contributed by atoms with Gasteiger partial charge in [-0.25, -0.2) is 9.97 Å². The minimum absolute atomic E-state index is 0.0998. The molecule has 1 aromatic heterocycles. The first-order chi connectivity index (χ1) is 16.5. The van der Waals surface area contributed by atoms with Gasteiger partial charge in [0.2, 0.25) is 5.95 Å². The van der Waals surface area contributed by atoms with Crippen molar-refractivity contribution in [3.8, 4) is 23.0 Å². The van der Waals surface area contributed by atoms with Gasteiger partial charge in [0.25, 0.3) is 0 Å². The summed E-state index contributed by atoms with van der Waals surface area (Å²) < 4.78 is 22.1. The summed E-state index contributed by atoms with van der Waals surface area (Å²) in [5.41, 5.74) is 4.15. The van der Waals surface area contributed by atoms with Crippen LogP contribution in [0.5, 0.6) is 23.0 Å². The third-order valence-corrected chi connectivity index (χ3v) is 5.66. The van der Waals surface area contributed by atoms with Crippen LogP contribution in [0.25, 0.3) is 0 Å². The molecule has 8 heteroatoms. The van der Waals surface area contributed by atoms with E-state index in [0.717, 1.165) is 60.2 Å². The maximum Gasteiger partial charge on any atom is 0.227 e. The van der Waals surface area contributed by atoms with Crippen LogP contribution in [0.3, 0.4) is 0 Å². The molecule has 2 aromatic carbocycles. The van der Waals surface area contributed by atoms with Crippen LogP contribution < -0.4 is 24.3 Å². The number of ether oxygens (including phenoxy) is 4. The van der Waals surface area contributed by atoms with Gasteiger partial charge in [-0.3, -0.25) is 4.90 Å². The van der Waals surface area contributed by atoms with E-state index in [4.69, 9.17) is 23.9 Å². The molecule has 8 nitrogen and oxygen atoms in total. The Balaban J connectivity index is 1.44. The van der Waals surface area contributed by atoms with E-state index in [0.29, 0.717) is 11.7 Å². The second kappa shape index (κ2) is 10.6. The average molecular weight is 465 g/mol. The first-order valence-electron chi connectivity index (χ1n) is 11.4. The summed E-state index contributed by atoms with van der Waals surface area (Å²) in [7, 11) is 4.94. The highest BCUT2D eigenvalue weighted by Crippen LogP contribution is 2.32. The van der Waals surface area contributed by atoms with Crippen LogP contribution in [0.4, 0.5) is 11.6 Å². The number of hydrogen-bond acceptors (Lipinski definition) is 8. The summed E-state index contributed by atoms with van der Waals surface area (Å²) >= 11 is 0. The zero-order valence-electron chi connectivity index (χ0n) is 20.4. The molecule has 0 unspecified atom stereocenters. The highest BCUT2D eigenvalue weighted by molar-refractivity contribution is 5.65. The lowest BCUT2D eigenvalue weighted by molar-refractivity contribution is 0.228. The highest BCUT2D eigenvalue weighted by Gasteiger charge is 2.20. The summed E-state index contributed by atoms with van der Waals surface area (Å²) in [5.74, 6) is 3.51. The van der Waals surface area contributed by atoms with E-state index < -0.39 is 0 Å². The van der Waals surface area contributed by atoms with Crippen molar-refractivity contribution in [1.82, 2.24) is 14.9 Å². The topological polar surface area (TPSA) is 78.0 Å². The fraction of sp³-hybridized carbons (Fsp3) is 0.385. The van der Waals surface area contributed by atoms with Crippen LogP contribution in [-0.4, -0.2) is 48.8 Å². The van der Waals surface area contributed by atoms with E-state index in [1.54, 1.807) is 21.3 Å². The third kappa shape index (κ3) is 5.51. The monoisotopic (exact) mass is 464 g/mol. The Kier molecular flexibility index (Phi) is 7.37. The molecule has 2 heterocycles. The zero-order valence-corrected chi connectivity index (χ0v) is 20.4. The van der Waals surface area contributed by atoms with Crippen molar-refractivity contribution in [3.63, 3.8) is 0 Å². The molecule has 0 saturated heterocycles. The van der Waals surface area contributed by atoms with E-state index in [1.807, 2.05) is 44.3 Å². The van der Waals surface area contributed by atoms with Gasteiger partial charge in [-0.2, -0.15) is 0 Å². The van der Waals surface area contributed by atoms with Gasteiger partial charge >= 0.3 is 0 Å². The Labute approximate surface area is 200 Å². The van der Waals surface area contributed by atoms with E-state index in [-0.39, 0.29) is 6.10 Å². The van der Waals surface area contributed by atoms with Gasteiger partial charge in [0.15, 0.2) is 11.5 Å². The molecule has 180 valence electrons. The number of fused-ring (bicyclic) bond motifs is 1. The molecule has 0 saturated carbocycles. The number of benzene rings is 2. The van der Waals surface area contributed by atoms with E-state index in [2.05, 4.69) is 27.3 Å². The molecule has 3 aromatic rings. The fourth-order valence-corrected chi connectivity index (χ4v) is 4.02. The lowest BCUT2D eigenvalue weighted by Crippen LogP contribution is -2.31. The molecule has 4 rings (SSSR count).